The maximum absolute atomic E-state index is 10.7. The zero-order valence-electron chi connectivity index (χ0n) is 8.79. The Morgan fingerprint density at radius 2 is 1.47 bits per heavy atom. The largest absolute Gasteiger partial charge is 0.508 e. The van der Waals surface area contributed by atoms with E-state index in [0.29, 0.717) is 17.4 Å². The Morgan fingerprint density at radius 3 is 2.06 bits per heavy atom. The lowest BCUT2D eigenvalue weighted by Crippen LogP contribution is -1.84. The summed E-state index contributed by atoms with van der Waals surface area (Å²) in [4.78, 5) is 10.7. The van der Waals surface area contributed by atoms with Gasteiger partial charge in [-0.3, -0.25) is 4.79 Å². The lowest BCUT2D eigenvalue weighted by molar-refractivity contribution is 0.112. The average Bonchev–Trinajstić information content (AvgIpc) is 2.28. The zero-order valence-corrected chi connectivity index (χ0v) is 8.79. The minimum Gasteiger partial charge on any atom is -0.508 e. The van der Waals surface area contributed by atoms with Crippen LogP contribution in [0.15, 0.2) is 36.4 Å². The molecule has 0 heterocycles. The molecule has 86 valence electrons. The van der Waals surface area contributed by atoms with Crippen LogP contribution < -0.4 is 0 Å². The van der Waals surface area contributed by atoms with E-state index >= 15 is 0 Å². The van der Waals surface area contributed by atoms with Crippen molar-refractivity contribution in [1.29, 1.82) is 0 Å². The van der Waals surface area contributed by atoms with Crippen molar-refractivity contribution in [2.75, 3.05) is 0 Å². The Morgan fingerprint density at radius 1 is 0.824 bits per heavy atom. The first-order valence-corrected chi connectivity index (χ1v) is 4.92. The number of rotatable bonds is 2. The molecule has 0 amide bonds. The van der Waals surface area contributed by atoms with Crippen LogP contribution in [0.5, 0.6) is 17.2 Å². The van der Waals surface area contributed by atoms with Crippen molar-refractivity contribution < 1.29 is 20.1 Å². The van der Waals surface area contributed by atoms with E-state index < -0.39 is 0 Å². The molecule has 0 spiro atoms. The standard InChI is InChI=1S/C13H10O4/c14-7-10-3-8(1-2-13(10)17)9-4-11(15)6-12(16)5-9/h1-7,15-17H. The Bertz CT molecular complexity index is 555. The second kappa shape index (κ2) is 4.17. The summed E-state index contributed by atoms with van der Waals surface area (Å²) in [6.45, 7) is 0. The minimum absolute atomic E-state index is 0.0688. The first-order valence-electron chi connectivity index (χ1n) is 4.92. The Hall–Kier alpha value is -2.49. The van der Waals surface area contributed by atoms with Crippen molar-refractivity contribution in [3.8, 4) is 28.4 Å². The van der Waals surface area contributed by atoms with Crippen LogP contribution in [0.1, 0.15) is 10.4 Å². The summed E-state index contributed by atoms with van der Waals surface area (Å²) in [5.74, 6) is -0.241. The molecule has 2 aromatic rings. The Kier molecular flexibility index (Phi) is 2.70. The van der Waals surface area contributed by atoms with Gasteiger partial charge in [-0.15, -0.1) is 0 Å². The van der Waals surface area contributed by atoms with Crippen molar-refractivity contribution in [3.63, 3.8) is 0 Å². The predicted octanol–water partition coefficient (Wildman–Crippen LogP) is 2.28. The van der Waals surface area contributed by atoms with Gasteiger partial charge in [0.1, 0.15) is 17.2 Å². The number of phenolic OH excluding ortho intramolecular Hbond substituents is 3. The summed E-state index contributed by atoms with van der Waals surface area (Å²) in [6, 6.07) is 8.60. The molecule has 0 saturated carbocycles. The molecule has 0 fully saturated rings. The molecule has 4 nitrogen and oxygen atoms in total. The van der Waals surface area contributed by atoms with Crippen LogP contribution in [0.25, 0.3) is 11.1 Å². The first kappa shape index (κ1) is 11.0. The van der Waals surface area contributed by atoms with Crippen LogP contribution in [0.3, 0.4) is 0 Å². The van der Waals surface area contributed by atoms with Gasteiger partial charge < -0.3 is 15.3 Å². The number of hydrogen-bond donors (Lipinski definition) is 3. The zero-order chi connectivity index (χ0) is 12.4. The lowest BCUT2D eigenvalue weighted by Gasteiger charge is -2.05. The molecular formula is C13H10O4. The molecule has 4 heteroatoms. The van der Waals surface area contributed by atoms with Crippen LogP contribution in [0.4, 0.5) is 0 Å². The third-order valence-electron chi connectivity index (χ3n) is 2.39. The van der Waals surface area contributed by atoms with Crippen LogP contribution >= 0.6 is 0 Å². The number of aromatic hydroxyl groups is 3. The molecule has 0 unspecified atom stereocenters. The van der Waals surface area contributed by atoms with Crippen LogP contribution in [0.2, 0.25) is 0 Å². The second-order valence-electron chi connectivity index (χ2n) is 3.63. The van der Waals surface area contributed by atoms with Crippen molar-refractivity contribution >= 4 is 6.29 Å². The van der Waals surface area contributed by atoms with Gasteiger partial charge in [-0.25, -0.2) is 0 Å². The fourth-order valence-corrected chi connectivity index (χ4v) is 1.59. The molecule has 0 aliphatic rings. The van der Waals surface area contributed by atoms with E-state index in [-0.39, 0.29) is 22.8 Å². The highest BCUT2D eigenvalue weighted by Crippen LogP contribution is 2.30. The van der Waals surface area contributed by atoms with Gasteiger partial charge in [0.05, 0.1) is 5.56 Å². The molecule has 0 aliphatic carbocycles. The van der Waals surface area contributed by atoms with Gasteiger partial charge in [0.25, 0.3) is 0 Å². The fraction of sp³-hybridized carbons (Fsp3) is 0. The van der Waals surface area contributed by atoms with Gasteiger partial charge in [-0.2, -0.15) is 0 Å². The monoisotopic (exact) mass is 230 g/mol. The number of phenols is 3. The summed E-state index contributed by atoms with van der Waals surface area (Å²) in [6.07, 6.45) is 0.543. The van der Waals surface area contributed by atoms with Crippen molar-refractivity contribution in [2.45, 2.75) is 0 Å². The Labute approximate surface area is 97.4 Å². The quantitative estimate of drug-likeness (QED) is 0.691. The van der Waals surface area contributed by atoms with Crippen molar-refractivity contribution in [1.82, 2.24) is 0 Å². The molecular weight excluding hydrogens is 220 g/mol. The first-order chi connectivity index (χ1) is 8.10. The average molecular weight is 230 g/mol. The molecule has 2 rings (SSSR count). The number of aldehydes is 1. The molecule has 17 heavy (non-hydrogen) atoms. The molecule has 0 aliphatic heterocycles. The predicted molar refractivity (Wildman–Crippen MR) is 62.3 cm³/mol. The van der Waals surface area contributed by atoms with E-state index in [2.05, 4.69) is 0 Å². The number of hydrogen-bond acceptors (Lipinski definition) is 4. The summed E-state index contributed by atoms with van der Waals surface area (Å²) in [5, 5.41) is 28.1. The molecule has 3 N–H and O–H groups in total. The third-order valence-corrected chi connectivity index (χ3v) is 2.39. The van der Waals surface area contributed by atoms with E-state index in [1.807, 2.05) is 0 Å². The van der Waals surface area contributed by atoms with Crippen LogP contribution in [-0.2, 0) is 0 Å². The molecule has 0 radical (unpaired) electrons. The van der Waals surface area contributed by atoms with E-state index in [4.69, 9.17) is 0 Å². The maximum Gasteiger partial charge on any atom is 0.153 e. The summed E-state index contributed by atoms with van der Waals surface area (Å²) in [5.41, 5.74) is 1.34. The highest BCUT2D eigenvalue weighted by molar-refractivity contribution is 5.83. The lowest BCUT2D eigenvalue weighted by atomic mass is 10.0. The SMILES string of the molecule is O=Cc1cc(-c2cc(O)cc(O)c2)ccc1O. The van der Waals surface area contributed by atoms with Gasteiger partial charge in [-0.1, -0.05) is 6.07 Å². The molecule has 0 bridgehead atoms. The van der Waals surface area contributed by atoms with Gasteiger partial charge in [0, 0.05) is 6.07 Å². The van der Waals surface area contributed by atoms with Crippen LogP contribution in [-0.4, -0.2) is 21.6 Å². The van der Waals surface area contributed by atoms with E-state index in [1.165, 1.54) is 30.3 Å². The topological polar surface area (TPSA) is 77.8 Å². The Balaban J connectivity index is 2.56. The molecule has 2 aromatic carbocycles. The molecule has 0 aromatic heterocycles. The van der Waals surface area contributed by atoms with Crippen molar-refractivity contribution in [3.05, 3.63) is 42.0 Å². The van der Waals surface area contributed by atoms with Gasteiger partial charge in [0.15, 0.2) is 6.29 Å². The minimum atomic E-state index is -0.104. The van der Waals surface area contributed by atoms with Crippen LogP contribution in [0, 0.1) is 0 Å². The summed E-state index contributed by atoms with van der Waals surface area (Å²) < 4.78 is 0. The second-order valence-corrected chi connectivity index (χ2v) is 3.63. The highest BCUT2D eigenvalue weighted by Gasteiger charge is 2.06. The summed E-state index contributed by atoms with van der Waals surface area (Å²) in [7, 11) is 0. The van der Waals surface area contributed by atoms with Gasteiger partial charge in [0.2, 0.25) is 0 Å². The van der Waals surface area contributed by atoms with Gasteiger partial charge in [-0.05, 0) is 35.4 Å². The van der Waals surface area contributed by atoms with E-state index in [9.17, 15) is 20.1 Å². The fourth-order valence-electron chi connectivity index (χ4n) is 1.59. The number of carbonyl (C=O) groups excluding carboxylic acids is 1. The summed E-state index contributed by atoms with van der Waals surface area (Å²) >= 11 is 0. The van der Waals surface area contributed by atoms with E-state index in [0.717, 1.165) is 0 Å². The smallest absolute Gasteiger partial charge is 0.153 e. The molecule has 0 atom stereocenters. The number of benzene rings is 2. The third kappa shape index (κ3) is 2.20. The molecule has 0 saturated heterocycles. The van der Waals surface area contributed by atoms with E-state index in [1.54, 1.807) is 6.07 Å². The normalized spacial score (nSPS) is 10.1. The maximum atomic E-state index is 10.7. The highest BCUT2D eigenvalue weighted by atomic mass is 16.3. The van der Waals surface area contributed by atoms with Gasteiger partial charge >= 0.3 is 0 Å². The number of carbonyl (C=O) groups is 1. The van der Waals surface area contributed by atoms with Crippen molar-refractivity contribution in [2.24, 2.45) is 0 Å².